The van der Waals surface area contributed by atoms with Crippen molar-refractivity contribution in [3.8, 4) is 0 Å². The summed E-state index contributed by atoms with van der Waals surface area (Å²) in [7, 11) is 0. The molecule has 39 heavy (non-hydrogen) atoms. The van der Waals surface area contributed by atoms with Crippen LogP contribution in [0, 0.1) is 0 Å². The molecule has 1 heterocycles. The van der Waals surface area contributed by atoms with Gasteiger partial charge in [0.2, 0.25) is 23.6 Å². The number of carboxylic acids is 2. The van der Waals surface area contributed by atoms with Gasteiger partial charge in [0.1, 0.15) is 18.1 Å². The lowest BCUT2D eigenvalue weighted by Gasteiger charge is -2.24. The van der Waals surface area contributed by atoms with E-state index in [2.05, 4.69) is 33.6 Å². The van der Waals surface area contributed by atoms with Crippen LogP contribution in [0.3, 0.4) is 0 Å². The minimum Gasteiger partial charge on any atom is -0.481 e. The Kier molecular flexibility index (Phi) is 11.7. The van der Waals surface area contributed by atoms with Crippen LogP contribution < -0.4 is 27.4 Å². The van der Waals surface area contributed by atoms with E-state index in [1.807, 2.05) is 24.3 Å². The molecule has 0 spiro atoms. The number of primary amides is 1. The number of amides is 4. The molecule has 4 atom stereocenters. The maximum Gasteiger partial charge on any atom is 0.326 e. The molecule has 0 aliphatic heterocycles. The zero-order valence-corrected chi connectivity index (χ0v) is 21.8. The topological polar surface area (TPSA) is 247 Å². The Morgan fingerprint density at radius 2 is 1.46 bits per heavy atom. The molecular formula is C24H32N6O8S. The smallest absolute Gasteiger partial charge is 0.326 e. The first-order valence-electron chi connectivity index (χ1n) is 12.0. The van der Waals surface area contributed by atoms with Gasteiger partial charge < -0.3 is 42.6 Å². The summed E-state index contributed by atoms with van der Waals surface area (Å²) in [5, 5.41) is 26.0. The minimum absolute atomic E-state index is 0.169. The molecule has 1 aromatic heterocycles. The molecule has 4 amide bonds. The van der Waals surface area contributed by atoms with Crippen LogP contribution in [0.5, 0.6) is 0 Å². The van der Waals surface area contributed by atoms with E-state index in [0.29, 0.717) is 0 Å². The fourth-order valence-corrected chi connectivity index (χ4v) is 3.99. The fraction of sp³-hybridized carbons (Fsp3) is 0.417. The van der Waals surface area contributed by atoms with Crippen LogP contribution in [0.15, 0.2) is 30.5 Å². The number of rotatable bonds is 16. The van der Waals surface area contributed by atoms with Crippen LogP contribution in [-0.2, 0) is 35.2 Å². The van der Waals surface area contributed by atoms with E-state index in [4.69, 9.17) is 16.6 Å². The summed E-state index contributed by atoms with van der Waals surface area (Å²) in [5.74, 6) is -6.13. The summed E-state index contributed by atoms with van der Waals surface area (Å²) < 4.78 is 0. The van der Waals surface area contributed by atoms with Gasteiger partial charge in [0.05, 0.1) is 6.04 Å². The first kappa shape index (κ1) is 31.1. The highest BCUT2D eigenvalue weighted by molar-refractivity contribution is 7.80. The van der Waals surface area contributed by atoms with Crippen LogP contribution >= 0.6 is 12.6 Å². The molecule has 0 fully saturated rings. The number of thiol groups is 1. The van der Waals surface area contributed by atoms with Crippen molar-refractivity contribution in [3.63, 3.8) is 0 Å². The zero-order valence-electron chi connectivity index (χ0n) is 20.9. The first-order valence-corrected chi connectivity index (χ1v) is 12.6. The van der Waals surface area contributed by atoms with Crippen LogP contribution in [0.4, 0.5) is 0 Å². The number of H-pyrrole nitrogens is 1. The molecule has 15 heteroatoms. The van der Waals surface area contributed by atoms with Gasteiger partial charge in [-0.2, -0.15) is 12.6 Å². The molecule has 14 nitrogen and oxygen atoms in total. The summed E-state index contributed by atoms with van der Waals surface area (Å²) in [6.45, 7) is 0. The summed E-state index contributed by atoms with van der Waals surface area (Å²) in [6.07, 6.45) is 0.388. The second-order valence-corrected chi connectivity index (χ2v) is 9.18. The molecule has 0 bridgehead atoms. The normalized spacial score (nSPS) is 14.0. The van der Waals surface area contributed by atoms with E-state index >= 15 is 0 Å². The Hall–Kier alpha value is -4.11. The number of nitrogens with two attached hydrogens (primary N) is 2. The van der Waals surface area contributed by atoms with E-state index in [-0.39, 0.29) is 25.0 Å². The Morgan fingerprint density at radius 1 is 0.872 bits per heavy atom. The van der Waals surface area contributed by atoms with Crippen molar-refractivity contribution in [1.82, 2.24) is 20.9 Å². The lowest BCUT2D eigenvalue weighted by molar-refractivity contribution is -0.143. The molecule has 0 radical (unpaired) electrons. The van der Waals surface area contributed by atoms with Crippen molar-refractivity contribution in [2.75, 3.05) is 5.75 Å². The Labute approximate surface area is 228 Å². The van der Waals surface area contributed by atoms with E-state index in [1.165, 1.54) is 0 Å². The number of aliphatic carboxylic acids is 2. The summed E-state index contributed by atoms with van der Waals surface area (Å²) >= 11 is 4.09. The highest BCUT2D eigenvalue weighted by Gasteiger charge is 2.30. The summed E-state index contributed by atoms with van der Waals surface area (Å²) in [4.78, 5) is 75.0. The van der Waals surface area contributed by atoms with E-state index in [9.17, 15) is 33.9 Å². The standard InChI is InChI=1S/C24H32N6O8S/c25-14(9-12-10-27-15-4-2-1-3-13(12)15)21(34)30-18(11-39)23(36)28-16(5-7-19(26)31)22(35)29-17(24(37)38)6-8-20(32)33/h1-4,10,14,16-18,27,39H,5-9,11,25H2,(H2,26,31)(H,28,36)(H,29,35)(H,30,34)(H,32,33)(H,37,38). The molecule has 0 aliphatic carbocycles. The second kappa shape index (κ2) is 14.7. The molecule has 0 aliphatic rings. The second-order valence-electron chi connectivity index (χ2n) is 8.81. The third kappa shape index (κ3) is 9.61. The fourth-order valence-electron chi connectivity index (χ4n) is 3.73. The molecule has 10 N–H and O–H groups in total. The molecular weight excluding hydrogens is 532 g/mol. The average Bonchev–Trinajstić information content (AvgIpc) is 3.29. The number of aromatic nitrogens is 1. The molecule has 0 saturated carbocycles. The lowest BCUT2D eigenvalue weighted by Crippen LogP contribution is -2.58. The number of carboxylic acid groups (broad SMARTS) is 2. The number of hydrogen-bond donors (Lipinski definition) is 9. The molecule has 2 aromatic rings. The Balaban J connectivity index is 2.06. The number of benzene rings is 1. The molecule has 212 valence electrons. The van der Waals surface area contributed by atoms with Crippen molar-refractivity contribution in [3.05, 3.63) is 36.0 Å². The summed E-state index contributed by atoms with van der Waals surface area (Å²) in [5.41, 5.74) is 12.9. The van der Waals surface area contributed by atoms with E-state index < -0.39 is 72.6 Å². The highest BCUT2D eigenvalue weighted by atomic mass is 32.1. The van der Waals surface area contributed by atoms with E-state index in [1.54, 1.807) is 6.20 Å². The molecule has 1 aromatic carbocycles. The van der Waals surface area contributed by atoms with Crippen molar-refractivity contribution in [1.29, 1.82) is 0 Å². The number of aromatic amines is 1. The quantitative estimate of drug-likeness (QED) is 0.109. The predicted octanol–water partition coefficient (Wildman–Crippen LogP) is -1.36. The maximum atomic E-state index is 12.9. The van der Waals surface area contributed by atoms with Gasteiger partial charge in [-0.15, -0.1) is 0 Å². The van der Waals surface area contributed by atoms with Gasteiger partial charge in [-0.25, -0.2) is 4.79 Å². The third-order valence-corrected chi connectivity index (χ3v) is 6.21. The van der Waals surface area contributed by atoms with Crippen molar-refractivity contribution >= 4 is 59.1 Å². The van der Waals surface area contributed by atoms with Crippen LogP contribution in [0.2, 0.25) is 0 Å². The molecule has 4 unspecified atom stereocenters. The monoisotopic (exact) mass is 564 g/mol. The maximum absolute atomic E-state index is 12.9. The van der Waals surface area contributed by atoms with Gasteiger partial charge in [-0.3, -0.25) is 24.0 Å². The SMILES string of the molecule is NC(=O)CCC(NC(=O)C(CS)NC(=O)C(N)Cc1c[nH]c2ccccc12)C(=O)NC(CCC(=O)O)C(=O)O. The van der Waals surface area contributed by atoms with E-state index in [0.717, 1.165) is 16.5 Å². The third-order valence-electron chi connectivity index (χ3n) is 5.84. The predicted molar refractivity (Wildman–Crippen MR) is 143 cm³/mol. The Bertz CT molecular complexity index is 1220. The highest BCUT2D eigenvalue weighted by Crippen LogP contribution is 2.18. The van der Waals surface area contributed by atoms with Gasteiger partial charge in [-0.05, 0) is 30.9 Å². The van der Waals surface area contributed by atoms with Gasteiger partial charge in [0.15, 0.2) is 0 Å². The van der Waals surface area contributed by atoms with Gasteiger partial charge in [-0.1, -0.05) is 18.2 Å². The number of para-hydroxylation sites is 1. The number of carbonyl (C=O) groups excluding carboxylic acids is 4. The minimum atomic E-state index is -1.55. The van der Waals surface area contributed by atoms with Gasteiger partial charge in [0.25, 0.3) is 0 Å². The van der Waals surface area contributed by atoms with Crippen molar-refractivity contribution < 1.29 is 39.0 Å². The van der Waals surface area contributed by atoms with Crippen molar-refractivity contribution in [2.45, 2.75) is 56.3 Å². The van der Waals surface area contributed by atoms with Crippen LogP contribution in [0.1, 0.15) is 31.2 Å². The summed E-state index contributed by atoms with van der Waals surface area (Å²) in [6, 6.07) is 2.27. The average molecular weight is 565 g/mol. The number of carbonyl (C=O) groups is 6. The number of hydrogen-bond acceptors (Lipinski definition) is 8. The number of fused-ring (bicyclic) bond motifs is 1. The Morgan fingerprint density at radius 3 is 2.08 bits per heavy atom. The molecule has 0 saturated heterocycles. The largest absolute Gasteiger partial charge is 0.481 e. The van der Waals surface area contributed by atoms with Crippen LogP contribution in [-0.4, -0.2) is 80.7 Å². The first-order chi connectivity index (χ1) is 18.4. The molecule has 2 rings (SSSR count). The van der Waals surface area contributed by atoms with Crippen LogP contribution in [0.25, 0.3) is 10.9 Å². The van der Waals surface area contributed by atoms with Crippen molar-refractivity contribution in [2.24, 2.45) is 11.5 Å². The number of nitrogens with one attached hydrogen (secondary N) is 4. The van der Waals surface area contributed by atoms with Gasteiger partial charge >= 0.3 is 11.9 Å². The van der Waals surface area contributed by atoms with Gasteiger partial charge in [0, 0.05) is 35.7 Å². The lowest BCUT2D eigenvalue weighted by atomic mass is 10.0. The zero-order chi connectivity index (χ0) is 29.1.